The number of rotatable bonds is 2. The average Bonchev–Trinajstić information content (AvgIpc) is 3.99. The predicted molar refractivity (Wildman–Crippen MR) is 226 cm³/mol. The third-order valence-electron chi connectivity index (χ3n) is 13.0. The number of nitrogens with zero attached hydrogens (tertiary/aromatic N) is 1. The number of hydrogen-bond donors (Lipinski definition) is 0. The SMILES string of the molecule is CC.Cc1ccc2c(c1C)C(=O)O[C@@H]2[C@H]1c2c(cc3c(c2C)OCO3)CCC1C.Cc1ccc2c(c1C)C(=O)O[C@@H]2[C@H]1c2c(cc3c(c2C)OCO3)CCN1C.[B].[B].[H-].[Na+]. The van der Waals surface area contributed by atoms with Crippen LogP contribution < -0.4 is 48.5 Å². The van der Waals surface area contributed by atoms with Crippen molar-refractivity contribution in [3.63, 3.8) is 0 Å². The number of likely N-dealkylation sites (N-methyl/N-ethyl adjacent to an activating group) is 1. The van der Waals surface area contributed by atoms with Gasteiger partial charge in [0.1, 0.15) is 12.2 Å². The molecule has 5 atom stereocenters. The Morgan fingerprint density at radius 3 is 1.66 bits per heavy atom. The summed E-state index contributed by atoms with van der Waals surface area (Å²) in [6.07, 6.45) is 2.49. The third-order valence-corrected chi connectivity index (χ3v) is 13.0. The Bertz CT molecular complexity index is 2140. The largest absolute Gasteiger partial charge is 1.00 e. The van der Waals surface area contributed by atoms with E-state index in [1.807, 2.05) is 41.5 Å². The van der Waals surface area contributed by atoms with Gasteiger partial charge in [-0.1, -0.05) is 45.0 Å². The molecule has 0 spiro atoms. The number of cyclic esters (lactones) is 2. The zero-order valence-electron chi connectivity index (χ0n) is 37.5. The molecule has 0 N–H and O–H groups in total. The Hall–Kier alpha value is -3.89. The molecule has 5 aliphatic heterocycles. The number of benzene rings is 4. The van der Waals surface area contributed by atoms with Crippen molar-refractivity contribution in [3.05, 3.63) is 114 Å². The molecular weight excluding hydrogens is 751 g/mol. The summed E-state index contributed by atoms with van der Waals surface area (Å²) in [6, 6.07) is 12.5. The molecule has 0 aromatic heterocycles. The van der Waals surface area contributed by atoms with Gasteiger partial charge >= 0.3 is 41.5 Å². The molecule has 0 fully saturated rings. The van der Waals surface area contributed by atoms with E-state index in [9.17, 15) is 9.59 Å². The van der Waals surface area contributed by atoms with E-state index in [1.165, 1.54) is 22.3 Å². The third kappa shape index (κ3) is 7.48. The molecule has 4 aromatic rings. The van der Waals surface area contributed by atoms with Crippen LogP contribution in [0.2, 0.25) is 0 Å². The smallest absolute Gasteiger partial charge is 1.00 e. The molecule has 1 aliphatic carbocycles. The molecule has 6 aliphatic rings. The Kier molecular flexibility index (Phi) is 14.1. The number of esters is 2. The Labute approximate surface area is 376 Å². The van der Waals surface area contributed by atoms with E-state index in [-0.39, 0.29) is 97.5 Å². The van der Waals surface area contributed by atoms with E-state index in [1.54, 1.807) is 0 Å². The number of fused-ring (bicyclic) bond motifs is 6. The van der Waals surface area contributed by atoms with Crippen LogP contribution >= 0.6 is 0 Å². The van der Waals surface area contributed by atoms with Gasteiger partial charge in [-0.25, -0.2) is 9.59 Å². The molecule has 9 nitrogen and oxygen atoms in total. The first kappa shape index (κ1) is 46.2. The molecule has 0 bridgehead atoms. The van der Waals surface area contributed by atoms with Crippen LogP contribution in [0.15, 0.2) is 36.4 Å². The van der Waals surface area contributed by atoms with Crippen molar-refractivity contribution in [2.24, 2.45) is 5.92 Å². The molecule has 1 unspecified atom stereocenters. The summed E-state index contributed by atoms with van der Waals surface area (Å²) in [6.45, 7) is 20.0. The van der Waals surface area contributed by atoms with E-state index in [2.05, 4.69) is 69.1 Å². The Morgan fingerprint density at radius 2 is 1.12 bits per heavy atom. The van der Waals surface area contributed by atoms with Gasteiger partial charge in [0, 0.05) is 46.0 Å². The van der Waals surface area contributed by atoms with Gasteiger partial charge in [-0.3, -0.25) is 4.90 Å². The predicted octanol–water partition coefficient (Wildman–Crippen LogP) is 6.08. The van der Waals surface area contributed by atoms with Crippen LogP contribution in [0.25, 0.3) is 0 Å². The number of aryl methyl sites for hydroxylation is 3. The summed E-state index contributed by atoms with van der Waals surface area (Å²) in [7, 11) is 2.10. The fraction of sp³-hybridized carbons (Fsp3) is 0.447. The first-order chi connectivity index (χ1) is 26.9. The molecular formula is C47H54B2NNaO8. The van der Waals surface area contributed by atoms with Crippen molar-refractivity contribution in [3.8, 4) is 23.0 Å². The van der Waals surface area contributed by atoms with Crippen molar-refractivity contribution in [2.75, 3.05) is 27.2 Å². The molecule has 0 saturated carbocycles. The monoisotopic (exact) mass is 805 g/mol. The minimum atomic E-state index is -0.310. The minimum absolute atomic E-state index is 0. The first-order valence-electron chi connectivity index (χ1n) is 20.1. The maximum Gasteiger partial charge on any atom is 1.00 e. The van der Waals surface area contributed by atoms with Crippen LogP contribution in [0, 0.1) is 47.5 Å². The van der Waals surface area contributed by atoms with Crippen molar-refractivity contribution < 1.29 is 69.0 Å². The number of ether oxygens (including phenoxy) is 6. The molecule has 4 aromatic carbocycles. The van der Waals surface area contributed by atoms with Crippen molar-refractivity contribution >= 4 is 28.8 Å². The summed E-state index contributed by atoms with van der Waals surface area (Å²) < 4.78 is 34.7. The van der Waals surface area contributed by atoms with E-state index in [0.717, 1.165) is 104 Å². The van der Waals surface area contributed by atoms with Gasteiger partial charge < -0.3 is 29.8 Å². The van der Waals surface area contributed by atoms with Gasteiger partial charge in [0.05, 0.1) is 17.2 Å². The average molecular weight is 806 g/mol. The van der Waals surface area contributed by atoms with E-state index in [0.29, 0.717) is 5.92 Å². The minimum Gasteiger partial charge on any atom is -1.00 e. The second-order valence-electron chi connectivity index (χ2n) is 15.9. The van der Waals surface area contributed by atoms with Crippen molar-refractivity contribution in [2.45, 2.75) is 106 Å². The van der Waals surface area contributed by atoms with Crippen LogP contribution in [0.5, 0.6) is 23.0 Å². The van der Waals surface area contributed by atoms with Crippen LogP contribution in [0.3, 0.4) is 0 Å². The summed E-state index contributed by atoms with van der Waals surface area (Å²) in [5.74, 6) is 3.48. The molecule has 12 heteroatoms. The van der Waals surface area contributed by atoms with Crippen molar-refractivity contribution in [1.29, 1.82) is 0 Å². The quantitative estimate of drug-likeness (QED) is 0.177. The van der Waals surface area contributed by atoms with Gasteiger partial charge in [0.15, 0.2) is 23.0 Å². The summed E-state index contributed by atoms with van der Waals surface area (Å²) in [5.41, 5.74) is 15.1. The summed E-state index contributed by atoms with van der Waals surface area (Å²) in [5, 5.41) is 0. The number of carbonyl (C=O) groups is 2. The zero-order chi connectivity index (χ0) is 39.7. The number of carbonyl (C=O) groups excluding carboxylic acids is 2. The molecule has 6 radical (unpaired) electrons. The maximum atomic E-state index is 12.7. The van der Waals surface area contributed by atoms with Gasteiger partial charge in [-0.05, 0) is 136 Å². The molecule has 0 amide bonds. The van der Waals surface area contributed by atoms with Crippen molar-refractivity contribution in [1.82, 2.24) is 4.90 Å². The maximum absolute atomic E-state index is 12.7. The molecule has 0 saturated heterocycles. The van der Waals surface area contributed by atoms with Gasteiger partial charge in [-0.15, -0.1) is 0 Å². The van der Waals surface area contributed by atoms with Crippen LogP contribution in [-0.4, -0.2) is 60.8 Å². The standard InChI is InChI=1S/C23H24O4.C22H23NO4.C2H6.2B.Na.H/c1-11-6-8-16-20(13(11)3)23(24)27-22(16)18-12(2)5-7-15-9-17-21(26-10-25-17)14(4)19(15)18;1-11-5-6-15-18(12(11)2)22(24)27-21(15)19-17-13(3)20-16(25-10-26-20)9-14(17)7-8-23(19)4;1-2;;;;/h6,8-9,12,18,22H,5,7,10H2,1-4H3;5-6,9,19,21H,7-8,10H2,1-4H3;1-2H3;;;;/q;;;;;+1;-1/t12?,18-,22+;19-,21+;;;;;/m11...../s1. The van der Waals surface area contributed by atoms with Crippen LogP contribution in [0.4, 0.5) is 0 Å². The topological polar surface area (TPSA) is 92.8 Å². The molecule has 302 valence electrons. The normalized spacial score (nSPS) is 22.2. The summed E-state index contributed by atoms with van der Waals surface area (Å²) >= 11 is 0. The summed E-state index contributed by atoms with van der Waals surface area (Å²) in [4.78, 5) is 27.7. The molecule has 59 heavy (non-hydrogen) atoms. The van der Waals surface area contributed by atoms with E-state index >= 15 is 0 Å². The van der Waals surface area contributed by atoms with Crippen LogP contribution in [-0.2, 0) is 22.3 Å². The van der Waals surface area contributed by atoms with Crippen LogP contribution in [0.1, 0.15) is 140 Å². The fourth-order valence-corrected chi connectivity index (χ4v) is 9.87. The number of hydrogen-bond acceptors (Lipinski definition) is 9. The molecule has 10 rings (SSSR count). The Balaban J connectivity index is 0.000000239. The first-order valence-corrected chi connectivity index (χ1v) is 20.1. The second kappa shape index (κ2) is 18.0. The van der Waals surface area contributed by atoms with Gasteiger partial charge in [0.25, 0.3) is 0 Å². The van der Waals surface area contributed by atoms with Gasteiger partial charge in [0.2, 0.25) is 13.6 Å². The fourth-order valence-electron chi connectivity index (χ4n) is 9.87. The van der Waals surface area contributed by atoms with E-state index in [4.69, 9.17) is 28.4 Å². The Morgan fingerprint density at radius 1 is 0.644 bits per heavy atom. The van der Waals surface area contributed by atoms with Gasteiger partial charge in [-0.2, -0.15) is 0 Å². The zero-order valence-corrected chi connectivity index (χ0v) is 38.5. The second-order valence-corrected chi connectivity index (χ2v) is 15.9. The van der Waals surface area contributed by atoms with E-state index < -0.39 is 0 Å². The molecule has 5 heterocycles.